The van der Waals surface area contributed by atoms with E-state index in [-0.39, 0.29) is 59.8 Å². The first-order chi connectivity index (χ1) is 37.7. The Bertz CT molecular complexity index is 3500. The summed E-state index contributed by atoms with van der Waals surface area (Å²) in [5.74, 6) is -0.652. The molecule has 419 valence electrons. The van der Waals surface area contributed by atoms with Crippen LogP contribution in [0.4, 0.5) is 0 Å². The van der Waals surface area contributed by atoms with Crippen LogP contribution in [0, 0.1) is 32.6 Å². The van der Waals surface area contributed by atoms with Crippen LogP contribution in [0.3, 0.4) is 0 Å². The van der Waals surface area contributed by atoms with Gasteiger partial charge in [0, 0.05) is 5.56 Å². The Morgan fingerprint density at radius 3 is 2.20 bits per heavy atom. The zero-order valence-corrected chi connectivity index (χ0v) is 53.1. The summed E-state index contributed by atoms with van der Waals surface area (Å²) in [5, 5.41) is 5.41. The zero-order valence-electron chi connectivity index (χ0n) is 49.0. The van der Waals surface area contributed by atoms with Crippen molar-refractivity contribution in [3.63, 3.8) is 0 Å². The van der Waals surface area contributed by atoms with Gasteiger partial charge in [0.1, 0.15) is 0 Å². The number of esters is 1. The number of nitrogens with one attached hydrogen (secondary N) is 1. The second kappa shape index (κ2) is 24.6. The number of fused-ring (bicyclic) bond motifs is 3. The molecule has 0 unspecified atom stereocenters. The van der Waals surface area contributed by atoms with Crippen LogP contribution in [-0.2, 0) is 29.9 Å². The number of aromatic nitrogens is 2. The maximum Gasteiger partial charge on any atom is -1.00 e. The number of unbranched alkanes of at least 4 members (excludes halogenated alkanes) is 4. The van der Waals surface area contributed by atoms with Crippen molar-refractivity contribution in [3.05, 3.63) is 150 Å². The SMILES string of the molecule is C=Cc1c(C)c2[n]3c1=CC1=NC(=Cc4c(C)c(C(=O)NCCCCCCCC(=O)c5ccc(C(=C)c6cc7c(cc6C)C(C)(C)CCC7(C)C)cc5)c([n]4[In]3)C(CC(=O)OC)=C3N=C(C=2)[C@@H](C)[C@@H]3CCCOC=O)C(CC)=C1C.[Cl-]. The number of benzene rings is 2. The molecule has 2 atom stereocenters. The molecule has 1 N–H and O–H groups in total. The van der Waals surface area contributed by atoms with E-state index in [1.165, 1.54) is 35.8 Å². The topological polar surface area (TPSA) is 133 Å². The van der Waals surface area contributed by atoms with Gasteiger partial charge in [0.25, 0.3) is 0 Å². The van der Waals surface area contributed by atoms with Gasteiger partial charge in [-0.3, -0.25) is 4.79 Å². The molecule has 5 aliphatic rings. The van der Waals surface area contributed by atoms with Crippen LogP contribution >= 0.6 is 0 Å². The molecule has 80 heavy (non-hydrogen) atoms. The Hall–Kier alpha value is -5.98. The Kier molecular flexibility index (Phi) is 18.5. The summed E-state index contributed by atoms with van der Waals surface area (Å²) in [6.07, 6.45) is 17.6. The third kappa shape index (κ3) is 11.5. The minimum Gasteiger partial charge on any atom is -1.00 e. The van der Waals surface area contributed by atoms with Gasteiger partial charge in [-0.05, 0) is 64.0 Å². The number of methoxy groups -OCH3 is 1. The van der Waals surface area contributed by atoms with E-state index >= 15 is 4.79 Å². The van der Waals surface area contributed by atoms with Gasteiger partial charge in [0.15, 0.2) is 5.78 Å². The van der Waals surface area contributed by atoms with E-state index in [4.69, 9.17) is 19.5 Å². The summed E-state index contributed by atoms with van der Waals surface area (Å²) in [5.41, 5.74) is 19.8. The number of rotatable bonds is 21. The van der Waals surface area contributed by atoms with Crippen LogP contribution in [0.2, 0.25) is 0 Å². The molecule has 0 saturated carbocycles. The maximum absolute atomic E-state index is 15.2. The Morgan fingerprint density at radius 2 is 1.52 bits per heavy atom. The molecule has 1 radical (unpaired) electrons. The van der Waals surface area contributed by atoms with Gasteiger partial charge in [-0.1, -0.05) is 70.7 Å². The van der Waals surface area contributed by atoms with Gasteiger partial charge in [0.05, 0.1) is 0 Å². The van der Waals surface area contributed by atoms with Crippen molar-refractivity contribution in [1.29, 1.82) is 0 Å². The molecule has 0 spiro atoms. The number of aliphatic imine (C=N–C) groups is 2. The van der Waals surface area contributed by atoms with Crippen molar-refractivity contribution in [2.45, 2.75) is 157 Å². The average Bonchev–Trinajstić information content (AvgIpc) is 4.15. The number of hydrogen-bond donors (Lipinski definition) is 1. The van der Waals surface area contributed by atoms with E-state index in [1.807, 2.05) is 37.3 Å². The van der Waals surface area contributed by atoms with Crippen LogP contribution in [0.5, 0.6) is 0 Å². The van der Waals surface area contributed by atoms with Crippen molar-refractivity contribution in [1.82, 2.24) is 10.4 Å². The van der Waals surface area contributed by atoms with E-state index < -0.39 is 29.5 Å². The molecule has 0 fully saturated rings. The first-order valence-corrected chi connectivity index (χ1v) is 31.6. The van der Waals surface area contributed by atoms with Gasteiger partial charge in [0.2, 0.25) is 0 Å². The van der Waals surface area contributed by atoms with Gasteiger partial charge >= 0.3 is 332 Å². The van der Waals surface area contributed by atoms with Crippen LogP contribution in [-0.4, -0.2) is 84.4 Å². The average molecular weight is 1200 g/mol. The summed E-state index contributed by atoms with van der Waals surface area (Å²) >= 11 is -2.28. The third-order valence-corrected chi connectivity index (χ3v) is 22.4. The largest absolute Gasteiger partial charge is 1.00 e. The molecule has 4 aromatic rings. The van der Waals surface area contributed by atoms with Gasteiger partial charge < -0.3 is 12.4 Å². The van der Waals surface area contributed by atoms with Crippen molar-refractivity contribution in [2.75, 3.05) is 20.3 Å². The molecule has 13 heteroatoms. The molecule has 2 aromatic heterocycles. The van der Waals surface area contributed by atoms with E-state index in [1.54, 1.807) is 0 Å². The van der Waals surface area contributed by atoms with Crippen LogP contribution in [0.25, 0.3) is 35.5 Å². The minimum absolute atomic E-state index is 0. The molecule has 4 aliphatic heterocycles. The molecule has 11 nitrogen and oxygen atoms in total. The Balaban J connectivity index is 0.00000841. The number of ether oxygens (including phenoxy) is 2. The quantitative estimate of drug-likeness (QED) is 0.0383. The van der Waals surface area contributed by atoms with Gasteiger partial charge in [-0.25, -0.2) is 0 Å². The van der Waals surface area contributed by atoms with Crippen molar-refractivity contribution in [2.24, 2.45) is 21.8 Å². The van der Waals surface area contributed by atoms with Gasteiger partial charge in [-0.2, -0.15) is 0 Å². The van der Waals surface area contributed by atoms with Crippen LogP contribution < -0.4 is 28.4 Å². The number of carbonyl (C=O) groups excluding carboxylic acids is 4. The number of halogens is 1. The molecule has 2 aromatic carbocycles. The fourth-order valence-corrected chi connectivity index (χ4v) is 17.9. The summed E-state index contributed by atoms with van der Waals surface area (Å²) in [7, 11) is 1.40. The normalized spacial score (nSPS) is 18.0. The first kappa shape index (κ1) is 60.1. The summed E-state index contributed by atoms with van der Waals surface area (Å²) in [6, 6.07) is 12.7. The summed E-state index contributed by atoms with van der Waals surface area (Å²) in [4.78, 5) is 64.3. The number of amides is 1. The monoisotopic (exact) mass is 1200 g/mol. The molecule has 1 amide bonds. The number of Topliss-reactive ketones (excluding diaryl/α,β-unsaturated/α-hetero) is 1. The maximum atomic E-state index is 15.2. The molecular weight excluding hydrogens is 1120 g/mol. The molecule has 1 aliphatic carbocycles. The van der Waals surface area contributed by atoms with Crippen molar-refractivity contribution >= 4 is 94.5 Å². The van der Waals surface area contributed by atoms with E-state index in [2.05, 4.69) is 116 Å². The number of carbonyl (C=O) groups is 4. The second-order valence-corrected chi connectivity index (χ2v) is 27.4. The van der Waals surface area contributed by atoms with Crippen molar-refractivity contribution < 1.29 is 41.1 Å². The second-order valence-electron chi connectivity index (χ2n) is 23.8. The van der Waals surface area contributed by atoms with E-state index in [0.29, 0.717) is 49.1 Å². The third-order valence-electron chi connectivity index (χ3n) is 17.9. The first-order valence-electron chi connectivity index (χ1n) is 28.6. The molecule has 6 bridgehead atoms. The van der Waals surface area contributed by atoms with E-state index in [0.717, 1.165) is 129 Å². The smallest absolute Gasteiger partial charge is 1.00 e. The predicted octanol–water partition coefficient (Wildman–Crippen LogP) is 9.20. The molecule has 0 saturated heterocycles. The van der Waals surface area contributed by atoms with Crippen LogP contribution in [0.15, 0.2) is 82.1 Å². The van der Waals surface area contributed by atoms with E-state index in [9.17, 15) is 14.4 Å². The Morgan fingerprint density at radius 1 is 0.850 bits per heavy atom. The number of aryl methyl sites for hydroxylation is 1. The zero-order chi connectivity index (χ0) is 56.7. The summed E-state index contributed by atoms with van der Waals surface area (Å²) in [6.45, 7) is 32.3. The minimum atomic E-state index is -2.28. The Labute approximate surface area is 491 Å². The standard InChI is InChI=1S/C67H80N5O6.ClH.In/c1-14-47-41(5)54-35-56-43(7)49(22-21-31-78-38-73)63(71-56)51(34-61(75)77-13)64-62(44(8)57(72-64)37-59-48(15-2)42(6)55(70-59)36-58(47)69-54)65(76)68-30-20-18-16-17-19-23-60(74)46-26-24-45(25-27-46)40(4)50-33-53-52(32-39(50)3)66(9,10)28-29-67(53,11)12;;/h14,24-27,32-33,35-38,43,49H,1,4,15-23,28-31,34H2,2-3,5-13H3,(H2-,68,69,70,71,72,76);1H;/q-1;;+2/p-2/t43-,49-;;/m0../s1. The summed E-state index contributed by atoms with van der Waals surface area (Å²) < 4.78 is 15.4. The number of hydrogen-bond acceptors (Lipinski definition) is 8. The fraction of sp³-hybridized carbons (Fsp3) is 0.433. The molecule has 9 rings (SSSR count). The number of nitrogens with zero attached hydrogens (tertiary/aromatic N) is 4. The number of allylic oxidation sites excluding steroid dienone is 3. The molecule has 6 heterocycles. The fourth-order valence-electron chi connectivity index (χ4n) is 12.9. The number of ketones is 1. The predicted molar refractivity (Wildman–Crippen MR) is 322 cm³/mol. The molecular formula is C67H79ClInN5O6-. The van der Waals surface area contributed by atoms with Crippen molar-refractivity contribution in [3.8, 4) is 0 Å². The van der Waals surface area contributed by atoms with Crippen LogP contribution in [0.1, 0.15) is 202 Å². The van der Waals surface area contributed by atoms with Gasteiger partial charge in [-0.15, -0.1) is 0 Å².